The first-order chi connectivity index (χ1) is 6.06. The van der Waals surface area contributed by atoms with E-state index in [4.69, 9.17) is 16.7 Å². The number of halogens is 1. The van der Waals surface area contributed by atoms with E-state index in [1.807, 2.05) is 6.92 Å². The third kappa shape index (κ3) is 4.48. The molecule has 0 bridgehead atoms. The van der Waals surface area contributed by atoms with Crippen molar-refractivity contribution in [1.82, 2.24) is 5.32 Å². The number of carbonyl (C=O) groups is 1. The van der Waals surface area contributed by atoms with E-state index in [0.717, 1.165) is 25.3 Å². The fourth-order valence-corrected chi connectivity index (χ4v) is 1.24. The highest BCUT2D eigenvalue weighted by atomic mass is 35.5. The van der Waals surface area contributed by atoms with Crippen LogP contribution in [0.15, 0.2) is 0 Å². The topological polar surface area (TPSA) is 49.3 Å². The predicted octanol–water partition coefficient (Wildman–Crippen LogP) is 1.71. The van der Waals surface area contributed by atoms with Gasteiger partial charge < -0.3 is 10.4 Å². The number of carboxylic acid groups (broad SMARTS) is 1. The number of hydrogen-bond donors (Lipinski definition) is 2. The maximum atomic E-state index is 10.6. The molecule has 1 saturated heterocycles. The SMILES string of the molecule is CC1(C(=O)O)CCCNC1.CCCl. The van der Waals surface area contributed by atoms with Gasteiger partial charge in [0.25, 0.3) is 0 Å². The van der Waals surface area contributed by atoms with Crippen LogP contribution in [0.1, 0.15) is 26.7 Å². The Morgan fingerprint density at radius 2 is 2.23 bits per heavy atom. The second-order valence-electron chi connectivity index (χ2n) is 3.41. The van der Waals surface area contributed by atoms with Gasteiger partial charge in [-0.05, 0) is 26.3 Å². The first-order valence-electron chi connectivity index (χ1n) is 4.57. The minimum atomic E-state index is -0.681. The van der Waals surface area contributed by atoms with Gasteiger partial charge in [0.05, 0.1) is 5.41 Å². The fraction of sp³-hybridized carbons (Fsp3) is 0.889. The van der Waals surface area contributed by atoms with Crippen LogP contribution in [0.25, 0.3) is 0 Å². The second kappa shape index (κ2) is 6.22. The average molecular weight is 208 g/mol. The number of alkyl halides is 1. The van der Waals surface area contributed by atoms with Crippen molar-refractivity contribution in [1.29, 1.82) is 0 Å². The zero-order valence-electron chi connectivity index (χ0n) is 8.27. The van der Waals surface area contributed by atoms with Crippen LogP contribution < -0.4 is 5.32 Å². The van der Waals surface area contributed by atoms with E-state index in [2.05, 4.69) is 5.32 Å². The summed E-state index contributed by atoms with van der Waals surface area (Å²) in [5, 5.41) is 11.8. The van der Waals surface area contributed by atoms with E-state index in [1.165, 1.54) is 0 Å². The lowest BCUT2D eigenvalue weighted by atomic mass is 9.83. The Morgan fingerprint density at radius 1 is 1.69 bits per heavy atom. The first-order valence-corrected chi connectivity index (χ1v) is 5.10. The van der Waals surface area contributed by atoms with Crippen LogP contribution in [0.2, 0.25) is 0 Å². The van der Waals surface area contributed by atoms with Crippen LogP contribution in [0.3, 0.4) is 0 Å². The van der Waals surface area contributed by atoms with Crippen molar-refractivity contribution < 1.29 is 9.90 Å². The van der Waals surface area contributed by atoms with Gasteiger partial charge in [0.1, 0.15) is 0 Å². The van der Waals surface area contributed by atoms with Crippen molar-refractivity contribution in [3.63, 3.8) is 0 Å². The Hall–Kier alpha value is -0.280. The standard InChI is InChI=1S/C7H13NO2.C2H5Cl/c1-7(6(9)10)3-2-4-8-5-7;1-2-3/h8H,2-5H2,1H3,(H,9,10);2H2,1H3. The van der Waals surface area contributed by atoms with Crippen LogP contribution in [-0.2, 0) is 4.79 Å². The molecule has 4 heteroatoms. The van der Waals surface area contributed by atoms with Crippen LogP contribution >= 0.6 is 11.6 Å². The third-order valence-corrected chi connectivity index (χ3v) is 2.11. The Kier molecular flexibility index (Phi) is 6.08. The van der Waals surface area contributed by atoms with Gasteiger partial charge >= 0.3 is 5.97 Å². The fourth-order valence-electron chi connectivity index (χ4n) is 1.24. The lowest BCUT2D eigenvalue weighted by Crippen LogP contribution is -2.43. The average Bonchev–Trinajstić information content (AvgIpc) is 2.07. The molecule has 1 aliphatic heterocycles. The number of rotatable bonds is 1. The molecule has 0 aromatic heterocycles. The van der Waals surface area contributed by atoms with E-state index in [1.54, 1.807) is 6.92 Å². The largest absolute Gasteiger partial charge is 0.481 e. The van der Waals surface area contributed by atoms with E-state index in [-0.39, 0.29) is 0 Å². The molecule has 13 heavy (non-hydrogen) atoms. The van der Waals surface area contributed by atoms with Crippen molar-refractivity contribution in [2.45, 2.75) is 26.7 Å². The van der Waals surface area contributed by atoms with Crippen LogP contribution in [-0.4, -0.2) is 30.0 Å². The molecule has 78 valence electrons. The highest BCUT2D eigenvalue weighted by Crippen LogP contribution is 2.24. The molecule has 0 radical (unpaired) electrons. The normalized spacial score (nSPS) is 27.3. The minimum Gasteiger partial charge on any atom is -0.481 e. The van der Waals surface area contributed by atoms with E-state index in [9.17, 15) is 4.79 Å². The zero-order valence-corrected chi connectivity index (χ0v) is 9.02. The summed E-state index contributed by atoms with van der Waals surface area (Å²) in [6, 6.07) is 0. The Labute approximate surface area is 84.5 Å². The van der Waals surface area contributed by atoms with Crippen LogP contribution in [0.4, 0.5) is 0 Å². The maximum Gasteiger partial charge on any atom is 0.310 e. The molecule has 1 aliphatic rings. The molecular weight excluding hydrogens is 190 g/mol. The molecule has 1 fully saturated rings. The van der Waals surface area contributed by atoms with Crippen molar-refractivity contribution in [3.05, 3.63) is 0 Å². The van der Waals surface area contributed by atoms with Gasteiger partial charge in [-0.15, -0.1) is 11.6 Å². The van der Waals surface area contributed by atoms with E-state index >= 15 is 0 Å². The molecule has 0 amide bonds. The number of carboxylic acids is 1. The third-order valence-electron chi connectivity index (χ3n) is 2.11. The van der Waals surface area contributed by atoms with Crippen molar-refractivity contribution in [2.75, 3.05) is 19.0 Å². The van der Waals surface area contributed by atoms with Crippen molar-refractivity contribution in [2.24, 2.45) is 5.41 Å². The number of aliphatic carboxylic acids is 1. The smallest absolute Gasteiger partial charge is 0.310 e. The maximum absolute atomic E-state index is 10.6. The van der Waals surface area contributed by atoms with Crippen molar-refractivity contribution >= 4 is 17.6 Å². The second-order valence-corrected chi connectivity index (χ2v) is 3.95. The summed E-state index contributed by atoms with van der Waals surface area (Å²) in [5.41, 5.74) is -0.516. The molecule has 1 atom stereocenters. The van der Waals surface area contributed by atoms with Gasteiger partial charge in [-0.25, -0.2) is 0 Å². The summed E-state index contributed by atoms with van der Waals surface area (Å²) >= 11 is 5.00. The molecule has 3 nitrogen and oxygen atoms in total. The highest BCUT2D eigenvalue weighted by molar-refractivity contribution is 6.17. The summed E-state index contributed by atoms with van der Waals surface area (Å²) < 4.78 is 0. The molecule has 0 spiro atoms. The number of nitrogens with one attached hydrogen (secondary N) is 1. The van der Waals surface area contributed by atoms with Crippen molar-refractivity contribution in [3.8, 4) is 0 Å². The Balaban J connectivity index is 0.000000424. The molecule has 2 N–H and O–H groups in total. The van der Waals surface area contributed by atoms with E-state index < -0.39 is 11.4 Å². The lowest BCUT2D eigenvalue weighted by Gasteiger charge is -2.29. The number of hydrogen-bond acceptors (Lipinski definition) is 2. The summed E-state index contributed by atoms with van der Waals surface area (Å²) in [6.07, 6.45) is 1.78. The first kappa shape index (κ1) is 12.7. The number of piperidine rings is 1. The quantitative estimate of drug-likeness (QED) is 0.644. The Bertz CT molecular complexity index is 156. The molecule has 0 aliphatic carbocycles. The van der Waals surface area contributed by atoms with Gasteiger partial charge in [-0.2, -0.15) is 0 Å². The van der Waals surface area contributed by atoms with Gasteiger partial charge in [-0.3, -0.25) is 4.79 Å². The summed E-state index contributed by atoms with van der Waals surface area (Å²) in [5.74, 6) is 0.0414. The summed E-state index contributed by atoms with van der Waals surface area (Å²) in [4.78, 5) is 10.6. The Morgan fingerprint density at radius 3 is 2.46 bits per heavy atom. The molecule has 0 aromatic rings. The summed E-state index contributed by atoms with van der Waals surface area (Å²) in [6.45, 7) is 5.26. The molecule has 0 saturated carbocycles. The highest BCUT2D eigenvalue weighted by Gasteiger charge is 2.34. The monoisotopic (exact) mass is 207 g/mol. The zero-order chi connectivity index (χ0) is 10.3. The van der Waals surface area contributed by atoms with Crippen LogP contribution in [0, 0.1) is 5.41 Å². The summed E-state index contributed by atoms with van der Waals surface area (Å²) in [7, 11) is 0. The molecule has 1 rings (SSSR count). The van der Waals surface area contributed by atoms with Gasteiger partial charge in [0.2, 0.25) is 0 Å². The molecule has 1 heterocycles. The molecular formula is C9H18ClNO2. The van der Waals surface area contributed by atoms with Crippen LogP contribution in [0.5, 0.6) is 0 Å². The lowest BCUT2D eigenvalue weighted by molar-refractivity contribution is -0.148. The van der Waals surface area contributed by atoms with E-state index in [0.29, 0.717) is 6.54 Å². The van der Waals surface area contributed by atoms with Gasteiger partial charge in [0, 0.05) is 12.4 Å². The molecule has 0 aromatic carbocycles. The molecule has 1 unspecified atom stereocenters. The van der Waals surface area contributed by atoms with Gasteiger partial charge in [0.15, 0.2) is 0 Å². The predicted molar refractivity (Wildman–Crippen MR) is 54.2 cm³/mol. The minimum absolute atomic E-state index is 0.516. The van der Waals surface area contributed by atoms with Gasteiger partial charge in [-0.1, -0.05) is 6.92 Å².